The third-order valence-electron chi connectivity index (χ3n) is 2.85. The number of ether oxygens (including phenoxy) is 1. The van der Waals surface area contributed by atoms with E-state index in [2.05, 4.69) is 5.32 Å². The summed E-state index contributed by atoms with van der Waals surface area (Å²) in [5, 5.41) is 2.31. The maximum absolute atomic E-state index is 13.4. The molecule has 6 heteroatoms. The number of amides is 1. The van der Waals surface area contributed by atoms with Crippen LogP contribution in [0.3, 0.4) is 0 Å². The van der Waals surface area contributed by atoms with E-state index in [1.165, 1.54) is 43.3 Å². The van der Waals surface area contributed by atoms with Gasteiger partial charge in [-0.1, -0.05) is 18.2 Å². The third-order valence-corrected chi connectivity index (χ3v) is 2.85. The number of rotatable bonds is 4. The molecule has 0 aromatic heterocycles. The average Bonchev–Trinajstić information content (AvgIpc) is 2.49. The Morgan fingerprint density at radius 1 is 1.09 bits per heavy atom. The Bertz CT molecular complexity index is 703. The highest BCUT2D eigenvalue weighted by Gasteiger charge is 2.20. The third kappa shape index (κ3) is 3.88. The molecule has 0 bridgehead atoms. The maximum Gasteiger partial charge on any atom is 0.339 e. The lowest BCUT2D eigenvalue weighted by atomic mass is 10.2. The van der Waals surface area contributed by atoms with Crippen LogP contribution in [-0.2, 0) is 9.53 Å². The highest BCUT2D eigenvalue weighted by atomic mass is 19.1. The van der Waals surface area contributed by atoms with E-state index in [1.54, 1.807) is 6.07 Å². The monoisotopic (exact) mass is 305 g/mol. The highest BCUT2D eigenvalue weighted by molar-refractivity contribution is 5.97. The van der Waals surface area contributed by atoms with Crippen LogP contribution in [0.5, 0.6) is 0 Å². The minimum atomic E-state index is -1.16. The van der Waals surface area contributed by atoms with Crippen molar-refractivity contribution in [2.24, 2.45) is 0 Å². The number of para-hydroxylation sites is 1. The fourth-order valence-electron chi connectivity index (χ4n) is 1.69. The van der Waals surface area contributed by atoms with E-state index in [0.29, 0.717) is 0 Å². The van der Waals surface area contributed by atoms with Crippen LogP contribution >= 0.6 is 0 Å². The summed E-state index contributed by atoms with van der Waals surface area (Å²) in [5.74, 6) is -2.71. The van der Waals surface area contributed by atoms with Crippen molar-refractivity contribution in [2.75, 3.05) is 5.32 Å². The Labute approximate surface area is 125 Å². The second-order valence-corrected chi connectivity index (χ2v) is 4.53. The SMILES string of the molecule is C[C@H](OC(=O)c1cccc(F)c1)C(=O)Nc1ccccc1F. The van der Waals surface area contributed by atoms with Gasteiger partial charge in [0.15, 0.2) is 6.10 Å². The molecule has 2 rings (SSSR count). The summed E-state index contributed by atoms with van der Waals surface area (Å²) in [4.78, 5) is 23.7. The molecule has 0 aliphatic rings. The van der Waals surface area contributed by atoms with E-state index in [9.17, 15) is 18.4 Å². The number of nitrogens with one attached hydrogen (secondary N) is 1. The summed E-state index contributed by atoms with van der Waals surface area (Å²) >= 11 is 0. The Morgan fingerprint density at radius 3 is 2.50 bits per heavy atom. The normalized spacial score (nSPS) is 11.6. The van der Waals surface area contributed by atoms with Crippen LogP contribution in [0.25, 0.3) is 0 Å². The maximum atomic E-state index is 13.4. The van der Waals surface area contributed by atoms with E-state index in [1.807, 2.05) is 0 Å². The summed E-state index contributed by atoms with van der Waals surface area (Å²) < 4.78 is 31.4. The van der Waals surface area contributed by atoms with Crippen LogP contribution in [0.4, 0.5) is 14.5 Å². The lowest BCUT2D eigenvalue weighted by molar-refractivity contribution is -0.123. The molecule has 1 N–H and O–H groups in total. The number of esters is 1. The van der Waals surface area contributed by atoms with Gasteiger partial charge in [0.2, 0.25) is 0 Å². The van der Waals surface area contributed by atoms with Gasteiger partial charge in [-0.3, -0.25) is 4.79 Å². The second kappa shape index (κ2) is 6.80. The van der Waals surface area contributed by atoms with Gasteiger partial charge in [-0.05, 0) is 37.3 Å². The van der Waals surface area contributed by atoms with Gasteiger partial charge >= 0.3 is 5.97 Å². The zero-order valence-corrected chi connectivity index (χ0v) is 11.7. The van der Waals surface area contributed by atoms with Gasteiger partial charge in [-0.15, -0.1) is 0 Å². The Kier molecular flexibility index (Phi) is 4.83. The summed E-state index contributed by atoms with van der Waals surface area (Å²) in [6.45, 7) is 1.34. The van der Waals surface area contributed by atoms with Crippen molar-refractivity contribution in [1.82, 2.24) is 0 Å². The molecule has 0 aliphatic carbocycles. The van der Waals surface area contributed by atoms with Crippen molar-refractivity contribution < 1.29 is 23.1 Å². The minimum absolute atomic E-state index is 0.00876. The number of carbonyl (C=O) groups is 2. The Morgan fingerprint density at radius 2 is 1.82 bits per heavy atom. The van der Waals surface area contributed by atoms with Gasteiger partial charge in [0.1, 0.15) is 11.6 Å². The molecule has 22 heavy (non-hydrogen) atoms. The standard InChI is InChI=1S/C16H13F2NO3/c1-10(15(20)19-14-8-3-2-7-13(14)18)22-16(21)11-5-4-6-12(17)9-11/h2-10H,1H3,(H,19,20)/t10-/m0/s1. The molecule has 0 spiro atoms. The number of carbonyl (C=O) groups excluding carboxylic acids is 2. The zero-order chi connectivity index (χ0) is 16.1. The smallest absolute Gasteiger partial charge is 0.339 e. The van der Waals surface area contributed by atoms with E-state index in [0.717, 1.165) is 6.07 Å². The van der Waals surface area contributed by atoms with Gasteiger partial charge in [0.05, 0.1) is 11.3 Å². The van der Waals surface area contributed by atoms with E-state index in [4.69, 9.17) is 4.74 Å². The fourth-order valence-corrected chi connectivity index (χ4v) is 1.69. The topological polar surface area (TPSA) is 55.4 Å². The molecule has 0 radical (unpaired) electrons. The van der Waals surface area contributed by atoms with E-state index < -0.39 is 29.6 Å². The molecular weight excluding hydrogens is 292 g/mol. The lowest BCUT2D eigenvalue weighted by Crippen LogP contribution is -2.30. The summed E-state index contributed by atoms with van der Waals surface area (Å²) in [5.41, 5.74) is -0.0216. The van der Waals surface area contributed by atoms with Crippen LogP contribution < -0.4 is 5.32 Å². The molecule has 0 heterocycles. The molecule has 0 fully saturated rings. The van der Waals surface area contributed by atoms with Crippen molar-refractivity contribution in [3.8, 4) is 0 Å². The first-order valence-corrected chi connectivity index (χ1v) is 6.49. The van der Waals surface area contributed by atoms with Crippen molar-refractivity contribution >= 4 is 17.6 Å². The summed E-state index contributed by atoms with van der Waals surface area (Å²) in [6, 6.07) is 10.5. The van der Waals surface area contributed by atoms with E-state index in [-0.39, 0.29) is 11.3 Å². The lowest BCUT2D eigenvalue weighted by Gasteiger charge is -2.14. The first-order chi connectivity index (χ1) is 10.5. The predicted molar refractivity (Wildman–Crippen MR) is 76.3 cm³/mol. The van der Waals surface area contributed by atoms with Crippen LogP contribution in [0.2, 0.25) is 0 Å². The zero-order valence-electron chi connectivity index (χ0n) is 11.7. The van der Waals surface area contributed by atoms with Gasteiger partial charge in [0, 0.05) is 0 Å². The van der Waals surface area contributed by atoms with Crippen LogP contribution in [-0.4, -0.2) is 18.0 Å². The van der Waals surface area contributed by atoms with Crippen LogP contribution in [0, 0.1) is 11.6 Å². The number of hydrogen-bond donors (Lipinski definition) is 1. The van der Waals surface area contributed by atoms with Gasteiger partial charge in [-0.25, -0.2) is 13.6 Å². The Hall–Kier alpha value is -2.76. The molecule has 4 nitrogen and oxygen atoms in total. The molecule has 1 amide bonds. The molecule has 2 aromatic carbocycles. The van der Waals surface area contributed by atoms with Crippen LogP contribution in [0.15, 0.2) is 48.5 Å². The summed E-state index contributed by atoms with van der Waals surface area (Å²) in [6.07, 6.45) is -1.16. The number of benzene rings is 2. The first-order valence-electron chi connectivity index (χ1n) is 6.49. The van der Waals surface area contributed by atoms with Crippen molar-refractivity contribution in [3.63, 3.8) is 0 Å². The van der Waals surface area contributed by atoms with Gasteiger partial charge in [-0.2, -0.15) is 0 Å². The minimum Gasteiger partial charge on any atom is -0.449 e. The average molecular weight is 305 g/mol. The van der Waals surface area contributed by atoms with Crippen molar-refractivity contribution in [3.05, 3.63) is 65.7 Å². The molecular formula is C16H13F2NO3. The number of anilines is 1. The predicted octanol–water partition coefficient (Wildman–Crippen LogP) is 3.15. The molecule has 0 aliphatic heterocycles. The number of hydrogen-bond acceptors (Lipinski definition) is 3. The molecule has 2 aromatic rings. The first kappa shape index (κ1) is 15.6. The Balaban J connectivity index is 1.99. The molecule has 0 unspecified atom stereocenters. The second-order valence-electron chi connectivity index (χ2n) is 4.53. The fraction of sp³-hybridized carbons (Fsp3) is 0.125. The van der Waals surface area contributed by atoms with Gasteiger partial charge in [0.25, 0.3) is 5.91 Å². The van der Waals surface area contributed by atoms with Crippen molar-refractivity contribution in [2.45, 2.75) is 13.0 Å². The molecule has 114 valence electrons. The molecule has 0 saturated heterocycles. The molecule has 1 atom stereocenters. The molecule has 0 saturated carbocycles. The van der Waals surface area contributed by atoms with Crippen LogP contribution in [0.1, 0.15) is 17.3 Å². The summed E-state index contributed by atoms with van der Waals surface area (Å²) in [7, 11) is 0. The highest BCUT2D eigenvalue weighted by Crippen LogP contribution is 2.13. The van der Waals surface area contributed by atoms with E-state index >= 15 is 0 Å². The largest absolute Gasteiger partial charge is 0.449 e. The quantitative estimate of drug-likeness (QED) is 0.883. The number of halogens is 2. The van der Waals surface area contributed by atoms with Crippen molar-refractivity contribution in [1.29, 1.82) is 0 Å². The van der Waals surface area contributed by atoms with Gasteiger partial charge < -0.3 is 10.1 Å².